The van der Waals surface area contributed by atoms with Crippen molar-refractivity contribution in [3.8, 4) is 0 Å². The summed E-state index contributed by atoms with van der Waals surface area (Å²) in [4.78, 5) is 33.4. The molecule has 28 heavy (non-hydrogen) atoms. The quantitative estimate of drug-likeness (QED) is 0.827. The van der Waals surface area contributed by atoms with E-state index in [1.807, 2.05) is 17.9 Å². The lowest BCUT2D eigenvalue weighted by molar-refractivity contribution is -0.153. The molecule has 2 aliphatic heterocycles. The highest BCUT2D eigenvalue weighted by molar-refractivity contribution is 5.93. The fraction of sp³-hybridized carbons (Fsp3) is 0.667. The van der Waals surface area contributed by atoms with E-state index in [-0.39, 0.29) is 24.5 Å². The first-order valence-electron chi connectivity index (χ1n) is 10.5. The third-order valence-electron chi connectivity index (χ3n) is 6.36. The van der Waals surface area contributed by atoms with Crippen LogP contribution in [0.5, 0.6) is 0 Å². The van der Waals surface area contributed by atoms with E-state index >= 15 is 0 Å². The van der Waals surface area contributed by atoms with E-state index in [1.54, 1.807) is 12.3 Å². The van der Waals surface area contributed by atoms with E-state index in [9.17, 15) is 9.59 Å². The molecule has 2 saturated heterocycles. The summed E-state index contributed by atoms with van der Waals surface area (Å²) in [6.07, 6.45) is 7.52. The number of nitrogens with one attached hydrogen (secondary N) is 1. The molecule has 0 aromatic carbocycles. The van der Waals surface area contributed by atoms with E-state index in [0.29, 0.717) is 24.7 Å². The number of pyridine rings is 1. The molecular formula is C21H30N4O3. The molecule has 0 bridgehead atoms. The Morgan fingerprint density at radius 2 is 2.00 bits per heavy atom. The van der Waals surface area contributed by atoms with E-state index in [2.05, 4.69) is 15.2 Å². The summed E-state index contributed by atoms with van der Waals surface area (Å²) in [5.41, 5.74) is 1.42. The van der Waals surface area contributed by atoms with Gasteiger partial charge in [0.05, 0.1) is 11.7 Å². The molecule has 0 unspecified atom stereocenters. The molecule has 3 fully saturated rings. The smallest absolute Gasteiger partial charge is 0.252 e. The van der Waals surface area contributed by atoms with Crippen LogP contribution in [0.4, 0.5) is 0 Å². The molecule has 1 N–H and O–H groups in total. The molecule has 7 heteroatoms. The molecule has 1 aromatic heterocycles. The van der Waals surface area contributed by atoms with Crippen LogP contribution >= 0.6 is 0 Å². The fourth-order valence-corrected chi connectivity index (χ4v) is 4.35. The summed E-state index contributed by atoms with van der Waals surface area (Å²) in [6.45, 7) is 5.12. The minimum Gasteiger partial charge on any atom is -0.365 e. The number of rotatable bonds is 5. The predicted octanol–water partition coefficient (Wildman–Crippen LogP) is 1.36. The number of likely N-dealkylation sites (tertiary alicyclic amines) is 1. The van der Waals surface area contributed by atoms with Crippen molar-refractivity contribution in [2.45, 2.75) is 57.2 Å². The Balaban J connectivity index is 1.26. The van der Waals surface area contributed by atoms with Gasteiger partial charge >= 0.3 is 0 Å². The molecular weight excluding hydrogens is 356 g/mol. The van der Waals surface area contributed by atoms with Gasteiger partial charge in [0.2, 0.25) is 5.91 Å². The van der Waals surface area contributed by atoms with Gasteiger partial charge in [0.15, 0.2) is 0 Å². The number of carbonyl (C=O) groups is 2. The number of carbonyl (C=O) groups excluding carboxylic acids is 2. The van der Waals surface area contributed by atoms with Crippen molar-refractivity contribution in [3.05, 3.63) is 29.6 Å². The molecule has 3 heterocycles. The van der Waals surface area contributed by atoms with Crippen LogP contribution in [0.15, 0.2) is 18.3 Å². The molecule has 1 aliphatic carbocycles. The molecule has 0 radical (unpaired) electrons. The van der Waals surface area contributed by atoms with Gasteiger partial charge < -0.3 is 19.9 Å². The van der Waals surface area contributed by atoms with Crippen molar-refractivity contribution in [1.82, 2.24) is 20.1 Å². The molecule has 1 saturated carbocycles. The minimum atomic E-state index is -0.162. The number of nitrogens with zero attached hydrogens (tertiary/aromatic N) is 3. The third kappa shape index (κ3) is 4.36. The maximum atomic E-state index is 12.4. The van der Waals surface area contributed by atoms with E-state index in [0.717, 1.165) is 37.7 Å². The van der Waals surface area contributed by atoms with Crippen LogP contribution in [0.3, 0.4) is 0 Å². The van der Waals surface area contributed by atoms with Crippen molar-refractivity contribution in [3.63, 3.8) is 0 Å². The normalized spacial score (nSPS) is 24.8. The Kier molecular flexibility index (Phi) is 5.92. The third-order valence-corrected chi connectivity index (χ3v) is 6.36. The highest BCUT2D eigenvalue weighted by Crippen LogP contribution is 2.29. The molecule has 3 aliphatic rings. The molecule has 1 atom stereocenters. The zero-order valence-electron chi connectivity index (χ0n) is 16.6. The minimum absolute atomic E-state index is 0.0763. The predicted molar refractivity (Wildman–Crippen MR) is 105 cm³/mol. The van der Waals surface area contributed by atoms with Crippen LogP contribution in [0.25, 0.3) is 0 Å². The monoisotopic (exact) mass is 386 g/mol. The molecule has 2 amide bonds. The van der Waals surface area contributed by atoms with Gasteiger partial charge in [-0.2, -0.15) is 0 Å². The summed E-state index contributed by atoms with van der Waals surface area (Å²) in [7, 11) is 0. The van der Waals surface area contributed by atoms with Crippen molar-refractivity contribution in [2.75, 3.05) is 32.8 Å². The van der Waals surface area contributed by atoms with Crippen molar-refractivity contribution >= 4 is 11.8 Å². The fourth-order valence-electron chi connectivity index (χ4n) is 4.35. The van der Waals surface area contributed by atoms with Gasteiger partial charge in [0.1, 0.15) is 6.61 Å². The van der Waals surface area contributed by atoms with Gasteiger partial charge in [-0.3, -0.25) is 14.6 Å². The highest BCUT2D eigenvalue weighted by Gasteiger charge is 2.35. The lowest BCUT2D eigenvalue weighted by Gasteiger charge is -2.45. The van der Waals surface area contributed by atoms with Crippen LogP contribution in [-0.2, 0) is 9.53 Å². The first-order chi connectivity index (χ1) is 13.6. The number of aryl methyl sites for hydroxylation is 1. The van der Waals surface area contributed by atoms with Gasteiger partial charge in [-0.15, -0.1) is 0 Å². The zero-order valence-corrected chi connectivity index (χ0v) is 16.6. The Labute approximate surface area is 166 Å². The van der Waals surface area contributed by atoms with Crippen LogP contribution in [0.1, 0.15) is 48.2 Å². The number of aromatic nitrogens is 1. The Morgan fingerprint density at radius 1 is 1.21 bits per heavy atom. The highest BCUT2D eigenvalue weighted by atomic mass is 16.5. The lowest BCUT2D eigenvalue weighted by Crippen LogP contribution is -2.57. The van der Waals surface area contributed by atoms with Crippen LogP contribution in [0.2, 0.25) is 0 Å². The number of ether oxygens (including phenoxy) is 1. The number of piperidine rings is 1. The van der Waals surface area contributed by atoms with Gasteiger partial charge in [0.25, 0.3) is 5.91 Å². The lowest BCUT2D eigenvalue weighted by atomic mass is 9.89. The molecule has 7 nitrogen and oxygen atoms in total. The molecule has 0 spiro atoms. The van der Waals surface area contributed by atoms with Crippen molar-refractivity contribution < 1.29 is 14.3 Å². The number of amides is 2. The second kappa shape index (κ2) is 8.57. The van der Waals surface area contributed by atoms with Crippen LogP contribution < -0.4 is 5.32 Å². The van der Waals surface area contributed by atoms with Gasteiger partial charge in [-0.25, -0.2) is 0 Å². The summed E-state index contributed by atoms with van der Waals surface area (Å²) in [5.74, 6) is -0.0826. The standard InChI is InChI=1S/C21H30N4O3/c1-15-5-6-16(11-22-15)21(27)23-12-19-13-25(20(26)14-28-19)18-7-9-24(10-8-18)17-3-2-4-17/h5-6,11,17-19H,2-4,7-10,12-14H2,1H3,(H,23,27)/t19-/m0/s1. The van der Waals surface area contributed by atoms with Gasteiger partial charge in [-0.1, -0.05) is 6.42 Å². The Morgan fingerprint density at radius 3 is 2.64 bits per heavy atom. The topological polar surface area (TPSA) is 74.8 Å². The maximum absolute atomic E-state index is 12.4. The molecule has 1 aromatic rings. The number of hydrogen-bond donors (Lipinski definition) is 1. The van der Waals surface area contributed by atoms with E-state index in [1.165, 1.54) is 19.3 Å². The zero-order chi connectivity index (χ0) is 19.5. The summed E-state index contributed by atoms with van der Waals surface area (Å²) in [6, 6.07) is 4.67. The average molecular weight is 386 g/mol. The number of hydrogen-bond acceptors (Lipinski definition) is 5. The maximum Gasteiger partial charge on any atom is 0.252 e. The number of morpholine rings is 1. The van der Waals surface area contributed by atoms with Crippen molar-refractivity contribution in [2.24, 2.45) is 0 Å². The summed E-state index contributed by atoms with van der Waals surface area (Å²) in [5, 5.41) is 2.91. The van der Waals surface area contributed by atoms with E-state index in [4.69, 9.17) is 4.74 Å². The summed E-state index contributed by atoms with van der Waals surface area (Å²) < 4.78 is 5.67. The largest absolute Gasteiger partial charge is 0.365 e. The first-order valence-corrected chi connectivity index (χ1v) is 10.5. The second-order valence-electron chi connectivity index (χ2n) is 8.23. The van der Waals surface area contributed by atoms with E-state index < -0.39 is 0 Å². The van der Waals surface area contributed by atoms with Crippen molar-refractivity contribution in [1.29, 1.82) is 0 Å². The summed E-state index contributed by atoms with van der Waals surface area (Å²) >= 11 is 0. The molecule has 152 valence electrons. The average Bonchev–Trinajstić information content (AvgIpc) is 2.67. The second-order valence-corrected chi connectivity index (χ2v) is 8.23. The first kappa shape index (κ1) is 19.3. The van der Waals surface area contributed by atoms with Crippen LogP contribution in [-0.4, -0.2) is 77.6 Å². The molecule has 4 rings (SSSR count). The van der Waals surface area contributed by atoms with Crippen LogP contribution in [0, 0.1) is 6.92 Å². The van der Waals surface area contributed by atoms with Gasteiger partial charge in [-0.05, 0) is 44.7 Å². The Bertz CT molecular complexity index is 696. The van der Waals surface area contributed by atoms with Gasteiger partial charge in [0, 0.05) is 50.2 Å². The SMILES string of the molecule is Cc1ccc(C(=O)NC[C@H]2CN(C3CCN(C4CCC4)CC3)C(=O)CO2)cn1. The Hall–Kier alpha value is -1.99.